The Labute approximate surface area is 138 Å². The number of hydrogen-bond donors (Lipinski definition) is 2. The Morgan fingerprint density at radius 1 is 1.13 bits per heavy atom. The fourth-order valence-electron chi connectivity index (χ4n) is 3.50. The summed E-state index contributed by atoms with van der Waals surface area (Å²) in [5.74, 6) is 0.120. The van der Waals surface area contributed by atoms with Gasteiger partial charge in [-0.05, 0) is 24.0 Å². The van der Waals surface area contributed by atoms with Gasteiger partial charge in [-0.25, -0.2) is 0 Å². The van der Waals surface area contributed by atoms with Crippen molar-refractivity contribution < 1.29 is 9.69 Å². The second kappa shape index (κ2) is 7.42. The molecule has 3 rings (SSSR count). The Bertz CT molecular complexity index is 654. The molecule has 1 amide bonds. The van der Waals surface area contributed by atoms with Gasteiger partial charge in [0.2, 0.25) is 0 Å². The largest absolute Gasteiger partial charge is 0.347 e. The molecule has 0 fully saturated rings. The molecule has 2 N–H and O–H groups in total. The van der Waals surface area contributed by atoms with E-state index < -0.39 is 0 Å². The summed E-state index contributed by atoms with van der Waals surface area (Å²) < 4.78 is 0. The smallest absolute Gasteiger partial charge is 0.275 e. The Hall–Kier alpha value is -2.13. The van der Waals surface area contributed by atoms with Crippen LogP contribution in [0.25, 0.3) is 0 Å². The van der Waals surface area contributed by atoms with Crippen LogP contribution in [0.15, 0.2) is 54.6 Å². The molecule has 0 heterocycles. The van der Waals surface area contributed by atoms with Crippen LogP contribution in [0.1, 0.15) is 35.6 Å². The van der Waals surface area contributed by atoms with Crippen LogP contribution in [0.5, 0.6) is 0 Å². The summed E-state index contributed by atoms with van der Waals surface area (Å²) >= 11 is 0. The maximum Gasteiger partial charge on any atom is 0.275 e. The lowest BCUT2D eigenvalue weighted by Crippen LogP contribution is -3.10. The minimum Gasteiger partial charge on any atom is -0.347 e. The average Bonchev–Trinajstić information content (AvgIpc) is 2.60. The van der Waals surface area contributed by atoms with E-state index in [1.54, 1.807) is 0 Å². The summed E-state index contributed by atoms with van der Waals surface area (Å²) in [5.41, 5.74) is 4.02. The van der Waals surface area contributed by atoms with Gasteiger partial charge >= 0.3 is 0 Å². The number of aryl methyl sites for hydroxylation is 1. The average molecular weight is 309 g/mol. The van der Waals surface area contributed by atoms with Crippen molar-refractivity contribution in [2.75, 3.05) is 13.6 Å². The van der Waals surface area contributed by atoms with E-state index in [4.69, 9.17) is 0 Å². The molecule has 2 atom stereocenters. The zero-order chi connectivity index (χ0) is 16.1. The zero-order valence-electron chi connectivity index (χ0n) is 13.7. The van der Waals surface area contributed by atoms with Crippen LogP contribution in [-0.2, 0) is 17.8 Å². The van der Waals surface area contributed by atoms with E-state index in [-0.39, 0.29) is 5.91 Å². The monoisotopic (exact) mass is 309 g/mol. The summed E-state index contributed by atoms with van der Waals surface area (Å²) in [4.78, 5) is 13.5. The van der Waals surface area contributed by atoms with Crippen LogP contribution in [0.3, 0.4) is 0 Å². The molecule has 3 heteroatoms. The van der Waals surface area contributed by atoms with Crippen molar-refractivity contribution in [2.24, 2.45) is 0 Å². The minimum absolute atomic E-state index is 0.120. The van der Waals surface area contributed by atoms with Gasteiger partial charge in [-0.1, -0.05) is 54.6 Å². The second-order valence-corrected chi connectivity index (χ2v) is 6.43. The second-order valence-electron chi connectivity index (χ2n) is 6.43. The van der Waals surface area contributed by atoms with Gasteiger partial charge in [0.15, 0.2) is 6.54 Å². The van der Waals surface area contributed by atoms with Crippen molar-refractivity contribution in [3.8, 4) is 0 Å². The minimum atomic E-state index is 0.120. The van der Waals surface area contributed by atoms with E-state index in [1.165, 1.54) is 28.9 Å². The Morgan fingerprint density at radius 3 is 2.70 bits per heavy atom. The molecule has 0 aromatic heterocycles. The van der Waals surface area contributed by atoms with Crippen LogP contribution in [-0.4, -0.2) is 19.5 Å². The fourth-order valence-corrected chi connectivity index (χ4v) is 3.50. The van der Waals surface area contributed by atoms with Gasteiger partial charge in [-0.15, -0.1) is 0 Å². The van der Waals surface area contributed by atoms with E-state index in [2.05, 4.69) is 36.6 Å². The third-order valence-electron chi connectivity index (χ3n) is 4.74. The van der Waals surface area contributed by atoms with Gasteiger partial charge < -0.3 is 10.2 Å². The van der Waals surface area contributed by atoms with Gasteiger partial charge in [-0.2, -0.15) is 0 Å². The lowest BCUT2D eigenvalue weighted by molar-refractivity contribution is -0.905. The molecule has 23 heavy (non-hydrogen) atoms. The summed E-state index contributed by atoms with van der Waals surface area (Å²) in [5, 5.41) is 3.03. The molecule has 0 saturated heterocycles. The van der Waals surface area contributed by atoms with Crippen molar-refractivity contribution in [1.82, 2.24) is 5.32 Å². The first-order valence-electron chi connectivity index (χ1n) is 8.45. The molecule has 3 nitrogen and oxygen atoms in total. The number of nitrogens with one attached hydrogen (secondary N) is 2. The quantitative estimate of drug-likeness (QED) is 0.869. The van der Waals surface area contributed by atoms with Gasteiger partial charge in [-0.3, -0.25) is 4.79 Å². The highest BCUT2D eigenvalue weighted by Crippen LogP contribution is 2.27. The molecule has 0 radical (unpaired) electrons. The first-order chi connectivity index (χ1) is 11.2. The van der Waals surface area contributed by atoms with E-state index in [9.17, 15) is 4.79 Å². The third kappa shape index (κ3) is 3.99. The lowest BCUT2D eigenvalue weighted by Gasteiger charge is -2.30. The number of amides is 1. The van der Waals surface area contributed by atoms with E-state index in [0.717, 1.165) is 12.0 Å². The van der Waals surface area contributed by atoms with Crippen LogP contribution >= 0.6 is 0 Å². The summed E-state index contributed by atoms with van der Waals surface area (Å²) in [7, 11) is 2.13. The van der Waals surface area contributed by atoms with Gasteiger partial charge in [0, 0.05) is 18.5 Å². The van der Waals surface area contributed by atoms with E-state index in [1.807, 2.05) is 30.3 Å². The third-order valence-corrected chi connectivity index (χ3v) is 4.74. The molecule has 0 spiro atoms. The highest BCUT2D eigenvalue weighted by Gasteiger charge is 2.27. The highest BCUT2D eigenvalue weighted by atomic mass is 16.2. The number of hydrogen-bond acceptors (Lipinski definition) is 1. The van der Waals surface area contributed by atoms with Crippen LogP contribution in [0.4, 0.5) is 0 Å². The van der Waals surface area contributed by atoms with Crippen LogP contribution in [0.2, 0.25) is 0 Å². The maximum atomic E-state index is 12.2. The fraction of sp³-hybridized carbons (Fsp3) is 0.350. The number of carbonyl (C=O) groups excluding carboxylic acids is 1. The molecular weight excluding hydrogens is 284 g/mol. The van der Waals surface area contributed by atoms with Crippen molar-refractivity contribution in [3.05, 3.63) is 71.3 Å². The zero-order valence-corrected chi connectivity index (χ0v) is 13.7. The predicted molar refractivity (Wildman–Crippen MR) is 92.2 cm³/mol. The SMILES string of the molecule is C[NH+](CC(=O)NCc1ccccc1)[C@H]1CCCc2ccccc21. The molecule has 0 saturated carbocycles. The Kier molecular flexibility index (Phi) is 5.09. The van der Waals surface area contributed by atoms with E-state index in [0.29, 0.717) is 19.1 Å². The van der Waals surface area contributed by atoms with Crippen LogP contribution < -0.4 is 10.2 Å². The van der Waals surface area contributed by atoms with Crippen molar-refractivity contribution in [2.45, 2.75) is 31.8 Å². The number of quaternary nitrogens is 1. The number of benzene rings is 2. The van der Waals surface area contributed by atoms with Gasteiger partial charge in [0.05, 0.1) is 7.05 Å². The Morgan fingerprint density at radius 2 is 1.87 bits per heavy atom. The molecule has 1 aliphatic carbocycles. The first-order valence-corrected chi connectivity index (χ1v) is 8.45. The van der Waals surface area contributed by atoms with Crippen LogP contribution in [0, 0.1) is 0 Å². The maximum absolute atomic E-state index is 12.2. The predicted octanol–water partition coefficient (Wildman–Crippen LogP) is 1.90. The van der Waals surface area contributed by atoms with Gasteiger partial charge in [0.25, 0.3) is 5.91 Å². The number of carbonyl (C=O) groups is 1. The van der Waals surface area contributed by atoms with Crippen molar-refractivity contribution in [3.63, 3.8) is 0 Å². The Balaban J connectivity index is 1.57. The topological polar surface area (TPSA) is 33.5 Å². The van der Waals surface area contributed by atoms with E-state index >= 15 is 0 Å². The number of rotatable bonds is 5. The molecule has 0 bridgehead atoms. The molecular formula is C20H25N2O+. The molecule has 1 aliphatic rings. The highest BCUT2D eigenvalue weighted by molar-refractivity contribution is 5.76. The summed E-state index contributed by atoms with van der Waals surface area (Å²) in [6.07, 6.45) is 3.54. The summed E-state index contributed by atoms with van der Waals surface area (Å²) in [6, 6.07) is 19.2. The standard InChI is InChI=1S/C20H24N2O/c1-22(15-20(23)21-14-16-8-3-2-4-9-16)19-13-7-11-17-10-5-6-12-18(17)19/h2-6,8-10,12,19H,7,11,13-15H2,1H3,(H,21,23)/p+1/t19-/m0/s1. The number of fused-ring (bicyclic) bond motifs is 1. The molecule has 0 aliphatic heterocycles. The van der Waals surface area contributed by atoms with Crippen molar-refractivity contribution >= 4 is 5.91 Å². The molecule has 120 valence electrons. The first kappa shape index (κ1) is 15.8. The molecule has 1 unspecified atom stereocenters. The molecule has 2 aromatic carbocycles. The van der Waals surface area contributed by atoms with Crippen molar-refractivity contribution in [1.29, 1.82) is 0 Å². The van der Waals surface area contributed by atoms with Gasteiger partial charge in [0.1, 0.15) is 6.04 Å². The summed E-state index contributed by atoms with van der Waals surface area (Å²) in [6.45, 7) is 1.13. The normalized spacial score (nSPS) is 18.0. The lowest BCUT2D eigenvalue weighted by atomic mass is 9.87. The number of likely N-dealkylation sites (N-methyl/N-ethyl adjacent to an activating group) is 1. The molecule has 2 aromatic rings.